The molecule has 1 fully saturated rings. The Morgan fingerprint density at radius 3 is 2.24 bits per heavy atom. The molecule has 0 bridgehead atoms. The molecule has 3 atom stereocenters. The number of nitrogens with one attached hydrogen (secondary N) is 1. The number of sulfone groups is 1. The van der Waals surface area contributed by atoms with E-state index in [2.05, 4.69) is 10.4 Å². The second kappa shape index (κ2) is 10.4. The third kappa shape index (κ3) is 5.57. The van der Waals surface area contributed by atoms with Crippen LogP contribution in [-0.4, -0.2) is 29.4 Å². The molecule has 1 amide bonds. The number of benzene rings is 2. The summed E-state index contributed by atoms with van der Waals surface area (Å²) in [5.74, 6) is -2.28. The zero-order valence-electron chi connectivity index (χ0n) is 19.9. The number of amides is 1. The molecule has 0 aliphatic heterocycles. The molecule has 1 heterocycles. The van der Waals surface area contributed by atoms with Crippen LogP contribution in [0.25, 0.3) is 5.69 Å². The summed E-state index contributed by atoms with van der Waals surface area (Å²) >= 11 is 0. The molecule has 0 saturated heterocycles. The van der Waals surface area contributed by atoms with E-state index in [0.717, 1.165) is 53.2 Å². The third-order valence-electron chi connectivity index (χ3n) is 6.84. The van der Waals surface area contributed by atoms with Crippen molar-refractivity contribution >= 4 is 15.7 Å². The van der Waals surface area contributed by atoms with Crippen LogP contribution in [-0.2, 0) is 27.4 Å². The first kappa shape index (κ1) is 27.7. The Labute approximate surface area is 214 Å². The zero-order valence-corrected chi connectivity index (χ0v) is 20.7. The lowest BCUT2D eigenvalue weighted by atomic mass is 9.71. The van der Waals surface area contributed by atoms with Gasteiger partial charge in [0.05, 0.1) is 21.4 Å². The number of rotatable bonds is 8. The van der Waals surface area contributed by atoms with E-state index in [1.807, 2.05) is 0 Å². The Balaban J connectivity index is 1.45. The summed E-state index contributed by atoms with van der Waals surface area (Å²) in [6, 6.07) is 8.19. The smallest absolute Gasteiger partial charge is 0.352 e. The van der Waals surface area contributed by atoms with Crippen molar-refractivity contribution in [1.29, 1.82) is 0 Å². The minimum absolute atomic E-state index is 0.0314. The fourth-order valence-electron chi connectivity index (χ4n) is 4.47. The second-order valence-corrected chi connectivity index (χ2v) is 11.4. The fourth-order valence-corrected chi connectivity index (χ4v) is 6.20. The van der Waals surface area contributed by atoms with Gasteiger partial charge in [0, 0.05) is 24.2 Å². The van der Waals surface area contributed by atoms with Gasteiger partial charge < -0.3 is 5.32 Å². The van der Waals surface area contributed by atoms with E-state index in [-0.39, 0.29) is 22.7 Å². The van der Waals surface area contributed by atoms with Crippen molar-refractivity contribution in [3.05, 3.63) is 77.4 Å². The number of carbonyl (C=O) groups is 1. The van der Waals surface area contributed by atoms with Crippen LogP contribution < -0.4 is 5.32 Å². The molecule has 204 valence electrons. The summed E-state index contributed by atoms with van der Waals surface area (Å²) in [6.07, 6.45) is -5.49. The highest BCUT2D eigenvalue weighted by molar-refractivity contribution is 7.92. The van der Waals surface area contributed by atoms with Crippen LogP contribution >= 0.6 is 0 Å². The minimum atomic E-state index is -4.55. The summed E-state index contributed by atoms with van der Waals surface area (Å²) < 4.78 is 106. The normalized spacial score (nSPS) is 18.7. The van der Waals surface area contributed by atoms with Gasteiger partial charge in [0.25, 0.3) is 6.43 Å². The van der Waals surface area contributed by atoms with Crippen molar-refractivity contribution < 1.29 is 39.6 Å². The van der Waals surface area contributed by atoms with Gasteiger partial charge >= 0.3 is 6.18 Å². The summed E-state index contributed by atoms with van der Waals surface area (Å²) in [7, 11) is -3.84. The Bertz CT molecular complexity index is 1400. The molecule has 38 heavy (non-hydrogen) atoms. The number of hydrogen-bond acceptors (Lipinski definition) is 4. The maximum Gasteiger partial charge on any atom is 0.416 e. The number of nitrogens with zero attached hydrogens (tertiary/aromatic N) is 2. The molecule has 2 aromatic carbocycles. The van der Waals surface area contributed by atoms with E-state index >= 15 is 0 Å². The molecule has 0 spiro atoms. The van der Waals surface area contributed by atoms with Gasteiger partial charge in [0.2, 0.25) is 5.91 Å². The highest BCUT2D eigenvalue weighted by atomic mass is 32.2. The van der Waals surface area contributed by atoms with Gasteiger partial charge in [0.15, 0.2) is 9.84 Å². The summed E-state index contributed by atoms with van der Waals surface area (Å²) in [5, 5.41) is 5.39. The van der Waals surface area contributed by atoms with E-state index in [0.29, 0.717) is 12.8 Å². The average molecular weight is 560 g/mol. The Morgan fingerprint density at radius 2 is 1.71 bits per heavy atom. The summed E-state index contributed by atoms with van der Waals surface area (Å²) in [5.41, 5.74) is -1.45. The molecular weight excluding hydrogens is 536 g/mol. The molecule has 13 heteroatoms. The molecule has 1 aliphatic carbocycles. The number of aromatic nitrogens is 2. The van der Waals surface area contributed by atoms with E-state index < -0.39 is 62.5 Å². The van der Waals surface area contributed by atoms with Crippen molar-refractivity contribution in [1.82, 2.24) is 15.1 Å². The molecule has 1 aliphatic rings. The van der Waals surface area contributed by atoms with Gasteiger partial charge in [-0.1, -0.05) is 0 Å². The first-order chi connectivity index (χ1) is 17.8. The number of hydrogen-bond donors (Lipinski definition) is 1. The maximum atomic E-state index is 13.6. The topological polar surface area (TPSA) is 81.1 Å². The van der Waals surface area contributed by atoms with Gasteiger partial charge in [-0.15, -0.1) is 0 Å². The van der Waals surface area contributed by atoms with Gasteiger partial charge in [0.1, 0.15) is 11.5 Å². The van der Waals surface area contributed by atoms with Crippen molar-refractivity contribution in [2.24, 2.45) is 11.8 Å². The van der Waals surface area contributed by atoms with Crippen LogP contribution in [0.3, 0.4) is 0 Å². The first-order valence-electron chi connectivity index (χ1n) is 11.6. The molecule has 6 nitrogen and oxygen atoms in total. The lowest BCUT2D eigenvalue weighted by molar-refractivity contribution is -0.137. The van der Waals surface area contributed by atoms with Crippen LogP contribution in [0, 0.1) is 17.7 Å². The molecule has 3 aromatic rings. The number of carbonyl (C=O) groups excluding carboxylic acids is 1. The SMILES string of the molecule is C[C@@H](C1CCC1C(=O)NCc1cn(-c2ccc(C(F)(F)F)cc2)nc1C(F)F)S(=O)(=O)c1ccc(F)cc1. The van der Waals surface area contributed by atoms with Gasteiger partial charge in [-0.25, -0.2) is 26.3 Å². The lowest BCUT2D eigenvalue weighted by Crippen LogP contribution is -2.46. The third-order valence-corrected chi connectivity index (χ3v) is 9.10. The van der Waals surface area contributed by atoms with E-state index in [1.54, 1.807) is 0 Å². The minimum Gasteiger partial charge on any atom is -0.352 e. The van der Waals surface area contributed by atoms with Gasteiger partial charge in [-0.2, -0.15) is 18.3 Å². The summed E-state index contributed by atoms with van der Waals surface area (Å²) in [6.45, 7) is 1.15. The second-order valence-electron chi connectivity index (χ2n) is 9.10. The van der Waals surface area contributed by atoms with Crippen LogP contribution in [0.5, 0.6) is 0 Å². The molecule has 1 saturated carbocycles. The predicted octanol–water partition coefficient (Wildman–Crippen LogP) is 5.47. The maximum absolute atomic E-state index is 13.6. The van der Waals surface area contributed by atoms with Crippen LogP contribution in [0.15, 0.2) is 59.6 Å². The Hall–Kier alpha value is -3.35. The lowest BCUT2D eigenvalue weighted by Gasteiger charge is -2.39. The highest BCUT2D eigenvalue weighted by Gasteiger charge is 2.44. The average Bonchev–Trinajstić information content (AvgIpc) is 3.26. The first-order valence-corrected chi connectivity index (χ1v) is 13.1. The van der Waals surface area contributed by atoms with E-state index in [9.17, 15) is 39.6 Å². The number of alkyl halides is 5. The zero-order chi connectivity index (χ0) is 27.8. The van der Waals surface area contributed by atoms with Crippen molar-refractivity contribution in [3.8, 4) is 5.69 Å². The monoisotopic (exact) mass is 559 g/mol. The van der Waals surface area contributed by atoms with Gasteiger partial charge in [-0.05, 0) is 74.2 Å². The van der Waals surface area contributed by atoms with E-state index in [4.69, 9.17) is 0 Å². The Kier molecular flexibility index (Phi) is 7.60. The molecule has 0 radical (unpaired) electrons. The Morgan fingerprint density at radius 1 is 1.08 bits per heavy atom. The van der Waals surface area contributed by atoms with Crippen molar-refractivity contribution in [3.63, 3.8) is 0 Å². The summed E-state index contributed by atoms with van der Waals surface area (Å²) in [4.78, 5) is 12.8. The largest absolute Gasteiger partial charge is 0.416 e. The highest BCUT2D eigenvalue weighted by Crippen LogP contribution is 2.41. The fraction of sp³-hybridized carbons (Fsp3) is 0.360. The predicted molar refractivity (Wildman–Crippen MR) is 125 cm³/mol. The standard InChI is InChI=1S/C25H23F6N3O3S/c1-14(38(36,37)19-8-4-17(26)5-9-19)20-10-11-21(20)24(35)32-12-15-13-34(33-22(15)23(27)28)18-6-2-16(3-7-18)25(29,30)31/h2-9,13-14,20-21,23H,10-12H2,1H3,(H,32,35)/t14-,20?,21?/m0/s1. The van der Waals surface area contributed by atoms with Crippen molar-refractivity contribution in [2.45, 2.75) is 49.1 Å². The molecule has 1 N–H and O–H groups in total. The van der Waals surface area contributed by atoms with Crippen LogP contribution in [0.4, 0.5) is 26.3 Å². The number of halogens is 6. The molecular formula is C25H23F6N3O3S. The van der Waals surface area contributed by atoms with Gasteiger partial charge in [-0.3, -0.25) is 4.79 Å². The van der Waals surface area contributed by atoms with Crippen LogP contribution in [0.2, 0.25) is 0 Å². The van der Waals surface area contributed by atoms with Crippen LogP contribution in [0.1, 0.15) is 43.0 Å². The molecule has 1 aromatic heterocycles. The molecule has 4 rings (SSSR count). The quantitative estimate of drug-likeness (QED) is 0.293. The van der Waals surface area contributed by atoms with E-state index in [1.165, 1.54) is 13.1 Å². The van der Waals surface area contributed by atoms with Crippen molar-refractivity contribution in [2.75, 3.05) is 0 Å². The molecule has 2 unspecified atom stereocenters.